The minimum atomic E-state index is 0.870. The molecule has 8 aromatic carbocycles. The van der Waals surface area contributed by atoms with E-state index >= 15 is 0 Å². The molecular weight excluding hydrogens is 558 g/mol. The number of hydrogen-bond donors (Lipinski definition) is 0. The third-order valence-corrected chi connectivity index (χ3v) is 9.06. The summed E-state index contributed by atoms with van der Waals surface area (Å²) in [6, 6.07) is 62.6. The van der Waals surface area contributed by atoms with Crippen molar-refractivity contribution in [1.82, 2.24) is 0 Å². The van der Waals surface area contributed by atoms with E-state index in [-0.39, 0.29) is 0 Å². The van der Waals surface area contributed by atoms with E-state index in [0.29, 0.717) is 0 Å². The molecule has 0 saturated carbocycles. The quantitative estimate of drug-likeness (QED) is 0.199. The number of nitrogens with zero attached hydrogens (tertiary/aromatic N) is 1. The van der Waals surface area contributed by atoms with E-state index in [1.54, 1.807) is 0 Å². The molecule has 0 fully saturated rings. The molecule has 46 heavy (non-hydrogen) atoms. The Balaban J connectivity index is 1.29. The minimum Gasteiger partial charge on any atom is -0.454 e. The third kappa shape index (κ3) is 4.27. The highest BCUT2D eigenvalue weighted by molar-refractivity contribution is 6.21. The van der Waals surface area contributed by atoms with Gasteiger partial charge in [0.2, 0.25) is 0 Å². The van der Waals surface area contributed by atoms with Gasteiger partial charge in [-0.25, -0.2) is 0 Å². The van der Waals surface area contributed by atoms with E-state index in [2.05, 4.69) is 181 Å². The van der Waals surface area contributed by atoms with Gasteiger partial charge in [-0.3, -0.25) is 0 Å². The fourth-order valence-electron chi connectivity index (χ4n) is 6.93. The van der Waals surface area contributed by atoms with Crippen molar-refractivity contribution in [2.75, 3.05) is 4.90 Å². The van der Waals surface area contributed by atoms with E-state index in [9.17, 15) is 0 Å². The van der Waals surface area contributed by atoms with E-state index in [1.807, 2.05) is 0 Å². The Hall–Kier alpha value is -6.12. The molecule has 0 spiro atoms. The van der Waals surface area contributed by atoms with Crippen LogP contribution in [0.5, 0.6) is 0 Å². The molecule has 2 nitrogen and oxygen atoms in total. The SMILES string of the molecule is c1ccc(-c2ccccc2N(c2ccc(-c3cccc4ccccc34)cc2)c2cccc3c2oc2ccc4ccccc4c23)cc1. The van der Waals surface area contributed by atoms with Gasteiger partial charge in [-0.2, -0.15) is 0 Å². The average Bonchev–Trinajstić information content (AvgIpc) is 3.53. The van der Waals surface area contributed by atoms with Crippen molar-refractivity contribution < 1.29 is 4.42 Å². The fraction of sp³-hybridized carbons (Fsp3) is 0. The lowest BCUT2D eigenvalue weighted by Gasteiger charge is -2.28. The zero-order valence-corrected chi connectivity index (χ0v) is 25.1. The highest BCUT2D eigenvalue weighted by atomic mass is 16.3. The van der Waals surface area contributed by atoms with Crippen molar-refractivity contribution >= 4 is 60.5 Å². The first kappa shape index (κ1) is 26.3. The second-order valence-electron chi connectivity index (χ2n) is 11.7. The monoisotopic (exact) mass is 587 g/mol. The van der Waals surface area contributed by atoms with Crippen molar-refractivity contribution in [3.63, 3.8) is 0 Å². The lowest BCUT2D eigenvalue weighted by molar-refractivity contribution is 0.669. The number of benzene rings is 8. The van der Waals surface area contributed by atoms with Crippen molar-refractivity contribution in [3.05, 3.63) is 176 Å². The smallest absolute Gasteiger partial charge is 0.159 e. The lowest BCUT2D eigenvalue weighted by atomic mass is 9.97. The van der Waals surface area contributed by atoms with Gasteiger partial charge in [-0.05, 0) is 68.6 Å². The van der Waals surface area contributed by atoms with Crippen LogP contribution in [0.4, 0.5) is 17.1 Å². The summed E-state index contributed by atoms with van der Waals surface area (Å²) in [7, 11) is 0. The molecule has 0 bridgehead atoms. The molecule has 0 unspecified atom stereocenters. The topological polar surface area (TPSA) is 16.4 Å². The summed E-state index contributed by atoms with van der Waals surface area (Å²) in [6.45, 7) is 0. The number of anilines is 3. The lowest BCUT2D eigenvalue weighted by Crippen LogP contribution is -2.11. The number of hydrogen-bond acceptors (Lipinski definition) is 2. The highest BCUT2D eigenvalue weighted by Gasteiger charge is 2.22. The summed E-state index contributed by atoms with van der Waals surface area (Å²) in [5, 5.41) is 7.16. The maximum absolute atomic E-state index is 6.76. The van der Waals surface area contributed by atoms with Gasteiger partial charge in [0.1, 0.15) is 5.58 Å². The van der Waals surface area contributed by atoms with Gasteiger partial charge in [-0.1, -0.05) is 146 Å². The first-order chi connectivity index (χ1) is 22.8. The molecule has 0 atom stereocenters. The Bertz CT molecular complexity index is 2520. The molecular formula is C44H29NO. The summed E-state index contributed by atoms with van der Waals surface area (Å²) < 4.78 is 6.76. The van der Waals surface area contributed by atoms with Gasteiger partial charge in [0, 0.05) is 22.0 Å². The zero-order valence-electron chi connectivity index (χ0n) is 25.1. The summed E-state index contributed by atoms with van der Waals surface area (Å²) in [6.07, 6.45) is 0. The maximum atomic E-state index is 6.76. The molecule has 216 valence electrons. The van der Waals surface area contributed by atoms with Gasteiger partial charge < -0.3 is 9.32 Å². The molecule has 9 rings (SSSR count). The molecule has 0 N–H and O–H groups in total. The highest BCUT2D eigenvalue weighted by Crippen LogP contribution is 2.46. The van der Waals surface area contributed by atoms with E-state index in [4.69, 9.17) is 4.42 Å². The molecule has 0 radical (unpaired) electrons. The number of fused-ring (bicyclic) bond motifs is 6. The standard InChI is InChI=1S/C44H29NO/c1-2-12-31(13-3-1)37-18-8-9-22-40(37)45(34-27-24-33(25-28-34)36-20-10-16-30-14-4-6-17-35(30)36)41-23-11-21-39-43-38-19-7-5-15-32(38)26-29-42(43)46-44(39)41/h1-29H. The van der Waals surface area contributed by atoms with Gasteiger partial charge in [-0.15, -0.1) is 0 Å². The third-order valence-electron chi connectivity index (χ3n) is 9.06. The largest absolute Gasteiger partial charge is 0.454 e. The van der Waals surface area contributed by atoms with Gasteiger partial charge in [0.15, 0.2) is 5.58 Å². The zero-order chi connectivity index (χ0) is 30.5. The Kier molecular flexibility index (Phi) is 6.17. The molecule has 2 heteroatoms. The molecule has 0 saturated heterocycles. The molecule has 0 aliphatic carbocycles. The Morgan fingerprint density at radius 2 is 0.957 bits per heavy atom. The molecule has 1 heterocycles. The Morgan fingerprint density at radius 1 is 0.370 bits per heavy atom. The number of rotatable bonds is 5. The molecule has 1 aromatic heterocycles. The second-order valence-corrected chi connectivity index (χ2v) is 11.7. The van der Waals surface area contributed by atoms with E-state index in [0.717, 1.165) is 44.6 Å². The first-order valence-electron chi connectivity index (χ1n) is 15.7. The van der Waals surface area contributed by atoms with E-state index in [1.165, 1.54) is 38.2 Å². The van der Waals surface area contributed by atoms with Crippen molar-refractivity contribution in [2.45, 2.75) is 0 Å². The van der Waals surface area contributed by atoms with Gasteiger partial charge >= 0.3 is 0 Å². The van der Waals surface area contributed by atoms with Crippen molar-refractivity contribution in [3.8, 4) is 22.3 Å². The van der Waals surface area contributed by atoms with Crippen LogP contribution in [-0.2, 0) is 0 Å². The van der Waals surface area contributed by atoms with Crippen molar-refractivity contribution in [1.29, 1.82) is 0 Å². The minimum absolute atomic E-state index is 0.870. The van der Waals surface area contributed by atoms with Crippen molar-refractivity contribution in [2.24, 2.45) is 0 Å². The predicted molar refractivity (Wildman–Crippen MR) is 194 cm³/mol. The van der Waals surface area contributed by atoms with Crippen LogP contribution in [0.15, 0.2) is 180 Å². The van der Waals surface area contributed by atoms with Crippen LogP contribution in [0.3, 0.4) is 0 Å². The summed E-state index contributed by atoms with van der Waals surface area (Å²) in [5.74, 6) is 0. The molecule has 0 aliphatic heterocycles. The summed E-state index contributed by atoms with van der Waals surface area (Å²) >= 11 is 0. The molecule has 0 aliphatic rings. The normalized spacial score (nSPS) is 11.5. The molecule has 0 amide bonds. The van der Waals surface area contributed by atoms with Crippen LogP contribution in [0.1, 0.15) is 0 Å². The summed E-state index contributed by atoms with van der Waals surface area (Å²) in [5.41, 5.74) is 9.64. The van der Waals surface area contributed by atoms with Crippen LogP contribution in [-0.4, -0.2) is 0 Å². The first-order valence-corrected chi connectivity index (χ1v) is 15.7. The van der Waals surface area contributed by atoms with Gasteiger partial charge in [0.05, 0.1) is 11.4 Å². The van der Waals surface area contributed by atoms with Crippen LogP contribution in [0, 0.1) is 0 Å². The average molecular weight is 588 g/mol. The van der Waals surface area contributed by atoms with Crippen LogP contribution >= 0.6 is 0 Å². The summed E-state index contributed by atoms with van der Waals surface area (Å²) in [4.78, 5) is 2.35. The molecule has 9 aromatic rings. The fourth-order valence-corrected chi connectivity index (χ4v) is 6.93. The van der Waals surface area contributed by atoms with E-state index < -0.39 is 0 Å². The van der Waals surface area contributed by atoms with Crippen LogP contribution in [0.25, 0.3) is 65.7 Å². The second kappa shape index (κ2) is 10.8. The van der Waals surface area contributed by atoms with Gasteiger partial charge in [0.25, 0.3) is 0 Å². The van der Waals surface area contributed by atoms with Crippen LogP contribution in [0.2, 0.25) is 0 Å². The maximum Gasteiger partial charge on any atom is 0.159 e. The Labute approximate surface area is 267 Å². The van der Waals surface area contributed by atoms with Crippen LogP contribution < -0.4 is 4.90 Å². The Morgan fingerprint density at radius 3 is 1.80 bits per heavy atom. The number of para-hydroxylation sites is 2. The predicted octanol–water partition coefficient (Wildman–Crippen LogP) is 12.7. The number of furan rings is 1.